The summed E-state index contributed by atoms with van der Waals surface area (Å²) in [7, 11) is 0. The van der Waals surface area contributed by atoms with Crippen molar-refractivity contribution in [1.29, 1.82) is 0 Å². The van der Waals surface area contributed by atoms with Crippen molar-refractivity contribution >= 4 is 11.3 Å². The molecule has 1 heterocycles. The van der Waals surface area contributed by atoms with Crippen LogP contribution in [0.3, 0.4) is 0 Å². The summed E-state index contributed by atoms with van der Waals surface area (Å²) >= 11 is 1.63. The first-order chi connectivity index (χ1) is 10.2. The molecule has 110 valence electrons. The fraction of sp³-hybridized carbons (Fsp3) is 0.333. The van der Waals surface area contributed by atoms with Crippen molar-refractivity contribution < 1.29 is 9.84 Å². The van der Waals surface area contributed by atoms with Crippen molar-refractivity contribution in [2.45, 2.75) is 32.8 Å². The molecule has 0 atom stereocenters. The van der Waals surface area contributed by atoms with Crippen molar-refractivity contribution in [3.05, 3.63) is 51.7 Å². The van der Waals surface area contributed by atoms with Gasteiger partial charge >= 0.3 is 0 Å². The minimum atomic E-state index is 0.112. The Bertz CT molecular complexity index is 615. The number of aliphatic hydroxyl groups is 1. The van der Waals surface area contributed by atoms with Crippen molar-refractivity contribution in [3.8, 4) is 17.6 Å². The molecule has 0 aliphatic carbocycles. The van der Waals surface area contributed by atoms with Gasteiger partial charge in [-0.25, -0.2) is 0 Å². The van der Waals surface area contributed by atoms with Gasteiger partial charge in [-0.05, 0) is 35.7 Å². The second kappa shape index (κ2) is 7.87. The van der Waals surface area contributed by atoms with Crippen molar-refractivity contribution in [2.75, 3.05) is 6.61 Å². The lowest BCUT2D eigenvalue weighted by atomic mass is 10.0. The molecule has 1 aromatic heterocycles. The van der Waals surface area contributed by atoms with Crippen LogP contribution in [0.4, 0.5) is 0 Å². The molecule has 0 fully saturated rings. The Labute approximate surface area is 130 Å². The third-order valence-electron chi connectivity index (χ3n) is 3.04. The van der Waals surface area contributed by atoms with Crippen molar-refractivity contribution in [1.82, 2.24) is 0 Å². The third kappa shape index (κ3) is 4.93. The van der Waals surface area contributed by atoms with Crippen LogP contribution in [0.5, 0.6) is 5.75 Å². The first-order valence-electron chi connectivity index (χ1n) is 7.10. The summed E-state index contributed by atoms with van der Waals surface area (Å²) in [5.41, 5.74) is 1.32. The second-order valence-corrected chi connectivity index (χ2v) is 6.22. The van der Waals surface area contributed by atoms with Gasteiger partial charge in [0, 0.05) is 11.3 Å². The van der Waals surface area contributed by atoms with E-state index in [0.717, 1.165) is 15.5 Å². The van der Waals surface area contributed by atoms with E-state index in [0.29, 0.717) is 18.9 Å². The quantitative estimate of drug-likeness (QED) is 0.839. The van der Waals surface area contributed by atoms with Gasteiger partial charge < -0.3 is 9.84 Å². The number of ether oxygens (including phenoxy) is 1. The summed E-state index contributed by atoms with van der Waals surface area (Å²) in [5, 5.41) is 8.69. The molecular weight excluding hydrogens is 280 g/mol. The molecule has 0 spiro atoms. The van der Waals surface area contributed by atoms with Crippen LogP contribution in [-0.2, 0) is 6.61 Å². The minimum absolute atomic E-state index is 0.112. The molecule has 21 heavy (non-hydrogen) atoms. The Morgan fingerprint density at radius 2 is 1.90 bits per heavy atom. The zero-order valence-corrected chi connectivity index (χ0v) is 13.2. The van der Waals surface area contributed by atoms with Gasteiger partial charge in [0.1, 0.15) is 12.4 Å². The van der Waals surface area contributed by atoms with E-state index in [9.17, 15) is 0 Å². The SMILES string of the molecule is CC(C)c1ccc(OCc2ccc(C#CCCO)s2)cc1. The van der Waals surface area contributed by atoms with Crippen LogP contribution in [0.25, 0.3) is 0 Å². The largest absolute Gasteiger partial charge is 0.488 e. The van der Waals surface area contributed by atoms with Gasteiger partial charge in [0.2, 0.25) is 0 Å². The molecule has 0 saturated heterocycles. The molecule has 2 nitrogen and oxygen atoms in total. The Balaban J connectivity index is 1.90. The van der Waals surface area contributed by atoms with Gasteiger partial charge in [-0.3, -0.25) is 0 Å². The van der Waals surface area contributed by atoms with Gasteiger partial charge in [0.05, 0.1) is 11.5 Å². The fourth-order valence-corrected chi connectivity index (χ4v) is 2.63. The van der Waals surface area contributed by atoms with Crippen LogP contribution < -0.4 is 4.74 Å². The van der Waals surface area contributed by atoms with Crippen LogP contribution in [0.15, 0.2) is 36.4 Å². The van der Waals surface area contributed by atoms with Crippen molar-refractivity contribution in [2.24, 2.45) is 0 Å². The maximum absolute atomic E-state index is 8.69. The van der Waals surface area contributed by atoms with Crippen LogP contribution in [0.1, 0.15) is 41.5 Å². The molecule has 2 aromatic rings. The lowest BCUT2D eigenvalue weighted by Crippen LogP contribution is -1.93. The Morgan fingerprint density at radius 3 is 2.57 bits per heavy atom. The van der Waals surface area contributed by atoms with Crippen LogP contribution in [0.2, 0.25) is 0 Å². The number of aliphatic hydroxyl groups excluding tert-OH is 1. The molecule has 0 aliphatic rings. The summed E-state index contributed by atoms with van der Waals surface area (Å²) in [6.45, 7) is 5.04. The lowest BCUT2D eigenvalue weighted by Gasteiger charge is -2.08. The van der Waals surface area contributed by atoms with Crippen LogP contribution in [-0.4, -0.2) is 11.7 Å². The van der Waals surface area contributed by atoms with E-state index in [-0.39, 0.29) is 6.61 Å². The predicted octanol–water partition coefficient (Wildman–Crippen LogP) is 4.18. The molecule has 1 N–H and O–H groups in total. The van der Waals surface area contributed by atoms with E-state index in [4.69, 9.17) is 9.84 Å². The average Bonchev–Trinajstić information content (AvgIpc) is 2.94. The molecule has 2 rings (SSSR count). The summed E-state index contributed by atoms with van der Waals surface area (Å²) < 4.78 is 5.79. The summed E-state index contributed by atoms with van der Waals surface area (Å²) in [4.78, 5) is 2.16. The monoisotopic (exact) mass is 300 g/mol. The zero-order chi connectivity index (χ0) is 15.1. The highest BCUT2D eigenvalue weighted by Crippen LogP contribution is 2.21. The molecule has 0 radical (unpaired) electrons. The zero-order valence-electron chi connectivity index (χ0n) is 12.4. The topological polar surface area (TPSA) is 29.5 Å². The van der Waals surface area contributed by atoms with Gasteiger partial charge in [-0.2, -0.15) is 0 Å². The Kier molecular flexibility index (Phi) is 5.86. The highest BCUT2D eigenvalue weighted by molar-refractivity contribution is 7.12. The first kappa shape index (κ1) is 15.6. The third-order valence-corrected chi connectivity index (χ3v) is 4.01. The van der Waals surface area contributed by atoms with E-state index in [1.807, 2.05) is 24.3 Å². The first-order valence-corrected chi connectivity index (χ1v) is 7.92. The number of rotatable bonds is 5. The molecule has 0 unspecified atom stereocenters. The lowest BCUT2D eigenvalue weighted by molar-refractivity contribution is 0.305. The van der Waals surface area contributed by atoms with E-state index in [2.05, 4.69) is 37.8 Å². The average molecular weight is 300 g/mol. The smallest absolute Gasteiger partial charge is 0.122 e. The molecule has 0 aliphatic heterocycles. The minimum Gasteiger partial charge on any atom is -0.488 e. The van der Waals surface area contributed by atoms with Crippen LogP contribution >= 0.6 is 11.3 Å². The summed E-state index contributed by atoms with van der Waals surface area (Å²) in [6.07, 6.45) is 0.520. The molecule has 0 amide bonds. The van der Waals surface area contributed by atoms with Gasteiger partial charge in [0.25, 0.3) is 0 Å². The van der Waals surface area contributed by atoms with Crippen LogP contribution in [0, 0.1) is 11.8 Å². The molecule has 0 bridgehead atoms. The predicted molar refractivity (Wildman–Crippen MR) is 87.8 cm³/mol. The molecule has 1 aromatic carbocycles. The highest BCUT2D eigenvalue weighted by Gasteiger charge is 2.02. The number of hydrogen-bond donors (Lipinski definition) is 1. The van der Waals surface area contributed by atoms with Gasteiger partial charge in [-0.15, -0.1) is 11.3 Å². The summed E-state index contributed by atoms with van der Waals surface area (Å²) in [5.74, 6) is 7.39. The van der Waals surface area contributed by atoms with Gasteiger partial charge in [-0.1, -0.05) is 37.8 Å². The standard InChI is InChI=1S/C18H20O2S/c1-14(2)15-6-8-16(9-7-15)20-13-18-11-10-17(21-18)5-3-4-12-19/h6-11,14,19H,4,12-13H2,1-2H3. The fourth-order valence-electron chi connectivity index (χ4n) is 1.83. The second-order valence-electron chi connectivity index (χ2n) is 5.05. The number of hydrogen-bond acceptors (Lipinski definition) is 3. The maximum Gasteiger partial charge on any atom is 0.122 e. The van der Waals surface area contributed by atoms with Gasteiger partial charge in [0.15, 0.2) is 0 Å². The molecule has 0 saturated carbocycles. The summed E-state index contributed by atoms with van der Waals surface area (Å²) in [6, 6.07) is 12.3. The van der Waals surface area contributed by atoms with E-state index >= 15 is 0 Å². The van der Waals surface area contributed by atoms with Crippen molar-refractivity contribution in [3.63, 3.8) is 0 Å². The number of benzene rings is 1. The normalized spacial score (nSPS) is 10.3. The number of thiophene rings is 1. The highest BCUT2D eigenvalue weighted by atomic mass is 32.1. The Morgan fingerprint density at radius 1 is 1.14 bits per heavy atom. The molecule has 3 heteroatoms. The van der Waals surface area contributed by atoms with E-state index in [1.165, 1.54) is 5.56 Å². The Hall–Kier alpha value is -1.76. The van der Waals surface area contributed by atoms with E-state index in [1.54, 1.807) is 11.3 Å². The maximum atomic E-state index is 8.69. The van der Waals surface area contributed by atoms with E-state index < -0.39 is 0 Å². The molecular formula is C18H20O2S.